The van der Waals surface area contributed by atoms with Gasteiger partial charge in [-0.3, -0.25) is 9.59 Å². The Morgan fingerprint density at radius 1 is 1.15 bits per heavy atom. The van der Waals surface area contributed by atoms with Gasteiger partial charge in [0, 0.05) is 24.3 Å². The summed E-state index contributed by atoms with van der Waals surface area (Å²) >= 11 is 0. The Balaban J connectivity index is 1.89. The molecule has 2 aromatic rings. The molecule has 6 heteroatoms. The molecular weight excluding hydrogens is 344 g/mol. The van der Waals surface area contributed by atoms with Crippen LogP contribution in [0.15, 0.2) is 36.4 Å². The number of anilines is 2. The summed E-state index contributed by atoms with van der Waals surface area (Å²) in [6.07, 6.45) is 2.34. The smallest absolute Gasteiger partial charge is 0.259 e. The number of hydrogen-bond donors (Lipinski definition) is 1. The summed E-state index contributed by atoms with van der Waals surface area (Å²) < 4.78 is 10.6. The number of hydrogen-bond acceptors (Lipinski definition) is 4. The SMILES string of the molecule is CCC(=O)N1CCCc2ccc(NC(=O)c3cccc(OC)c3OC)cc21. The monoisotopic (exact) mass is 368 g/mol. The van der Waals surface area contributed by atoms with Gasteiger partial charge in [0.25, 0.3) is 5.91 Å². The lowest BCUT2D eigenvalue weighted by Gasteiger charge is -2.29. The van der Waals surface area contributed by atoms with Crippen LogP contribution in [0.5, 0.6) is 11.5 Å². The van der Waals surface area contributed by atoms with Crippen molar-refractivity contribution in [2.45, 2.75) is 26.2 Å². The number of aryl methyl sites for hydroxylation is 1. The van der Waals surface area contributed by atoms with E-state index in [0.29, 0.717) is 35.7 Å². The summed E-state index contributed by atoms with van der Waals surface area (Å²) in [6, 6.07) is 10.9. The molecule has 142 valence electrons. The van der Waals surface area contributed by atoms with Crippen molar-refractivity contribution in [3.05, 3.63) is 47.5 Å². The van der Waals surface area contributed by atoms with Gasteiger partial charge in [-0.25, -0.2) is 0 Å². The fourth-order valence-electron chi connectivity index (χ4n) is 3.37. The molecule has 1 aliphatic rings. The van der Waals surface area contributed by atoms with Crippen molar-refractivity contribution in [2.75, 3.05) is 31.0 Å². The van der Waals surface area contributed by atoms with E-state index >= 15 is 0 Å². The second-order valence-electron chi connectivity index (χ2n) is 6.34. The number of methoxy groups -OCH3 is 2. The standard InChI is InChI=1S/C21H24N2O4/c1-4-19(24)23-12-6-7-14-10-11-15(13-17(14)23)22-21(25)16-8-5-9-18(26-2)20(16)27-3/h5,8-11,13H,4,6-7,12H2,1-3H3,(H,22,25). The summed E-state index contributed by atoms with van der Waals surface area (Å²) in [5.74, 6) is 0.678. The van der Waals surface area contributed by atoms with Gasteiger partial charge in [-0.2, -0.15) is 0 Å². The molecule has 0 bridgehead atoms. The molecule has 1 heterocycles. The Morgan fingerprint density at radius 2 is 1.96 bits per heavy atom. The predicted molar refractivity (Wildman–Crippen MR) is 105 cm³/mol. The van der Waals surface area contributed by atoms with E-state index in [9.17, 15) is 9.59 Å². The van der Waals surface area contributed by atoms with Crippen LogP contribution >= 0.6 is 0 Å². The van der Waals surface area contributed by atoms with Crippen molar-refractivity contribution in [3.8, 4) is 11.5 Å². The zero-order valence-electron chi connectivity index (χ0n) is 15.9. The number of nitrogens with one attached hydrogen (secondary N) is 1. The van der Waals surface area contributed by atoms with Crippen LogP contribution in [0.1, 0.15) is 35.7 Å². The molecular formula is C21H24N2O4. The van der Waals surface area contributed by atoms with Gasteiger partial charge in [0.1, 0.15) is 0 Å². The maximum Gasteiger partial charge on any atom is 0.259 e. The molecule has 0 aliphatic carbocycles. The number of amides is 2. The first kappa shape index (κ1) is 18.8. The number of para-hydroxylation sites is 1. The lowest BCUT2D eigenvalue weighted by Crippen LogP contribution is -2.35. The second kappa shape index (κ2) is 8.12. The van der Waals surface area contributed by atoms with Crippen LogP contribution in [0.4, 0.5) is 11.4 Å². The van der Waals surface area contributed by atoms with Gasteiger partial charge in [0.2, 0.25) is 5.91 Å². The maximum atomic E-state index is 12.8. The largest absolute Gasteiger partial charge is 0.493 e. The second-order valence-corrected chi connectivity index (χ2v) is 6.34. The topological polar surface area (TPSA) is 67.9 Å². The lowest BCUT2D eigenvalue weighted by molar-refractivity contribution is -0.118. The van der Waals surface area contributed by atoms with Crippen LogP contribution in [0.2, 0.25) is 0 Å². The number of carbonyl (C=O) groups is 2. The van der Waals surface area contributed by atoms with Crippen molar-refractivity contribution >= 4 is 23.2 Å². The maximum absolute atomic E-state index is 12.8. The number of benzene rings is 2. The van der Waals surface area contributed by atoms with E-state index in [4.69, 9.17) is 9.47 Å². The summed E-state index contributed by atoms with van der Waals surface area (Å²) in [5.41, 5.74) is 3.03. The van der Waals surface area contributed by atoms with E-state index < -0.39 is 0 Å². The van der Waals surface area contributed by atoms with Crippen LogP contribution in [-0.2, 0) is 11.2 Å². The van der Waals surface area contributed by atoms with E-state index in [2.05, 4.69) is 5.32 Å². The first-order valence-corrected chi connectivity index (χ1v) is 9.04. The molecule has 0 saturated carbocycles. The van der Waals surface area contributed by atoms with Crippen molar-refractivity contribution in [3.63, 3.8) is 0 Å². The third kappa shape index (κ3) is 3.74. The minimum atomic E-state index is -0.296. The van der Waals surface area contributed by atoms with E-state index in [1.165, 1.54) is 14.2 Å². The molecule has 3 rings (SSSR count). The molecule has 0 atom stereocenters. The lowest BCUT2D eigenvalue weighted by atomic mass is 10.0. The van der Waals surface area contributed by atoms with Crippen molar-refractivity contribution in [1.29, 1.82) is 0 Å². The van der Waals surface area contributed by atoms with Gasteiger partial charge in [-0.15, -0.1) is 0 Å². The molecule has 0 spiro atoms. The number of carbonyl (C=O) groups excluding carboxylic acids is 2. The van der Waals surface area contributed by atoms with Crippen LogP contribution in [0.25, 0.3) is 0 Å². The average molecular weight is 368 g/mol. The number of ether oxygens (including phenoxy) is 2. The molecule has 0 unspecified atom stereocenters. The molecule has 1 N–H and O–H groups in total. The number of rotatable bonds is 5. The molecule has 2 aromatic carbocycles. The van der Waals surface area contributed by atoms with Crippen LogP contribution in [0, 0.1) is 0 Å². The van der Waals surface area contributed by atoms with Gasteiger partial charge in [0.05, 0.1) is 19.8 Å². The highest BCUT2D eigenvalue weighted by molar-refractivity contribution is 6.07. The minimum Gasteiger partial charge on any atom is -0.493 e. The molecule has 0 radical (unpaired) electrons. The highest BCUT2D eigenvalue weighted by Gasteiger charge is 2.22. The zero-order valence-corrected chi connectivity index (χ0v) is 15.9. The Hall–Kier alpha value is -3.02. The fraction of sp³-hybridized carbons (Fsp3) is 0.333. The van der Waals surface area contributed by atoms with Gasteiger partial charge in [-0.05, 0) is 42.7 Å². The molecule has 0 aromatic heterocycles. The quantitative estimate of drug-likeness (QED) is 0.875. The van der Waals surface area contributed by atoms with Crippen LogP contribution in [0.3, 0.4) is 0 Å². The van der Waals surface area contributed by atoms with E-state index in [1.54, 1.807) is 23.1 Å². The Labute approximate surface area is 159 Å². The Morgan fingerprint density at radius 3 is 2.67 bits per heavy atom. The van der Waals surface area contributed by atoms with Crippen molar-refractivity contribution in [2.24, 2.45) is 0 Å². The van der Waals surface area contributed by atoms with Crippen LogP contribution < -0.4 is 19.7 Å². The summed E-state index contributed by atoms with van der Waals surface area (Å²) in [4.78, 5) is 26.8. The first-order chi connectivity index (χ1) is 13.1. The molecule has 2 amide bonds. The Kier molecular flexibility index (Phi) is 5.64. The van der Waals surface area contributed by atoms with Crippen molar-refractivity contribution in [1.82, 2.24) is 0 Å². The minimum absolute atomic E-state index is 0.0916. The van der Waals surface area contributed by atoms with Gasteiger partial charge in [-0.1, -0.05) is 19.1 Å². The molecule has 0 saturated heterocycles. The molecule has 1 aliphatic heterocycles. The highest BCUT2D eigenvalue weighted by atomic mass is 16.5. The zero-order chi connectivity index (χ0) is 19.4. The van der Waals surface area contributed by atoms with Gasteiger partial charge < -0.3 is 19.7 Å². The van der Waals surface area contributed by atoms with E-state index in [1.807, 2.05) is 25.1 Å². The normalized spacial score (nSPS) is 12.9. The molecule has 0 fully saturated rings. The van der Waals surface area contributed by atoms with Crippen molar-refractivity contribution < 1.29 is 19.1 Å². The fourth-order valence-corrected chi connectivity index (χ4v) is 3.37. The highest BCUT2D eigenvalue weighted by Crippen LogP contribution is 2.33. The molecule has 27 heavy (non-hydrogen) atoms. The third-order valence-electron chi connectivity index (χ3n) is 4.71. The van der Waals surface area contributed by atoms with Crippen LogP contribution in [-0.4, -0.2) is 32.6 Å². The Bertz CT molecular complexity index is 863. The number of nitrogens with zero attached hydrogens (tertiary/aromatic N) is 1. The number of fused-ring (bicyclic) bond motifs is 1. The van der Waals surface area contributed by atoms with Gasteiger partial charge >= 0.3 is 0 Å². The molecule has 6 nitrogen and oxygen atoms in total. The summed E-state index contributed by atoms with van der Waals surface area (Å²) in [7, 11) is 3.03. The first-order valence-electron chi connectivity index (χ1n) is 9.04. The third-order valence-corrected chi connectivity index (χ3v) is 4.71. The summed E-state index contributed by atoms with van der Waals surface area (Å²) in [5, 5.41) is 2.90. The van der Waals surface area contributed by atoms with E-state index in [0.717, 1.165) is 24.1 Å². The van der Waals surface area contributed by atoms with E-state index in [-0.39, 0.29) is 11.8 Å². The average Bonchev–Trinajstić information content (AvgIpc) is 2.71. The predicted octanol–water partition coefficient (Wildman–Crippen LogP) is 3.65. The van der Waals surface area contributed by atoms with Gasteiger partial charge in [0.15, 0.2) is 11.5 Å². The summed E-state index contributed by atoms with van der Waals surface area (Å²) in [6.45, 7) is 2.57.